The second-order valence-corrected chi connectivity index (χ2v) is 4.37. The molecule has 0 amide bonds. The van der Waals surface area contributed by atoms with Crippen molar-refractivity contribution in [3.05, 3.63) is 39.2 Å². The third-order valence-electron chi connectivity index (χ3n) is 1.11. The zero-order valence-corrected chi connectivity index (χ0v) is 9.01. The van der Waals surface area contributed by atoms with Gasteiger partial charge in [-0.3, -0.25) is 0 Å². The largest absolute Gasteiger partial charge is 0.0908 e. The maximum atomic E-state index is 5.70. The van der Waals surface area contributed by atoms with Crippen molar-refractivity contribution in [2.24, 2.45) is 0 Å². The van der Waals surface area contributed by atoms with E-state index in [9.17, 15) is 0 Å². The molecular formula is C8H5Cl3S. The first-order valence-electron chi connectivity index (χ1n) is 3.11. The van der Waals surface area contributed by atoms with Gasteiger partial charge >= 0.3 is 0 Å². The van der Waals surface area contributed by atoms with Crippen LogP contribution in [0.3, 0.4) is 0 Å². The molecule has 4 heteroatoms. The summed E-state index contributed by atoms with van der Waals surface area (Å²) < 4.78 is 0.541. The van der Waals surface area contributed by atoms with E-state index in [2.05, 4.69) is 0 Å². The normalized spacial score (nSPS) is 11.8. The van der Waals surface area contributed by atoms with Crippen LogP contribution in [-0.4, -0.2) is 0 Å². The van der Waals surface area contributed by atoms with Crippen molar-refractivity contribution in [2.45, 2.75) is 4.90 Å². The van der Waals surface area contributed by atoms with Crippen LogP contribution in [0.1, 0.15) is 0 Å². The van der Waals surface area contributed by atoms with Gasteiger partial charge in [0, 0.05) is 15.5 Å². The lowest BCUT2D eigenvalue weighted by molar-refractivity contribution is 1.47. The Morgan fingerprint density at radius 1 is 1.25 bits per heavy atom. The second-order valence-electron chi connectivity index (χ2n) is 1.97. The summed E-state index contributed by atoms with van der Waals surface area (Å²) in [7, 11) is 0. The van der Waals surface area contributed by atoms with Crippen LogP contribution < -0.4 is 0 Å². The molecule has 0 radical (unpaired) electrons. The van der Waals surface area contributed by atoms with Gasteiger partial charge in [-0.1, -0.05) is 46.6 Å². The molecule has 0 aliphatic carbocycles. The van der Waals surface area contributed by atoms with Crippen molar-refractivity contribution >= 4 is 46.6 Å². The first-order chi connectivity index (χ1) is 5.72. The van der Waals surface area contributed by atoms with Crippen molar-refractivity contribution in [3.63, 3.8) is 0 Å². The second kappa shape index (κ2) is 5.03. The number of hydrogen-bond donors (Lipinski definition) is 0. The van der Waals surface area contributed by atoms with Crippen molar-refractivity contribution in [1.82, 2.24) is 0 Å². The number of halogens is 3. The molecule has 0 unspecified atom stereocenters. The molecular weight excluding hydrogens is 235 g/mol. The van der Waals surface area contributed by atoms with Gasteiger partial charge in [0.2, 0.25) is 0 Å². The van der Waals surface area contributed by atoms with Crippen LogP contribution in [0.2, 0.25) is 5.02 Å². The van der Waals surface area contributed by atoms with Crippen molar-refractivity contribution in [1.29, 1.82) is 0 Å². The average Bonchev–Trinajstić information content (AvgIpc) is 2.09. The lowest BCUT2D eigenvalue weighted by Gasteiger charge is -1.97. The topological polar surface area (TPSA) is 0 Å². The van der Waals surface area contributed by atoms with Crippen molar-refractivity contribution in [2.75, 3.05) is 0 Å². The first kappa shape index (κ1) is 10.3. The Bertz CT molecular complexity index is 279. The summed E-state index contributed by atoms with van der Waals surface area (Å²) >= 11 is 18.2. The van der Waals surface area contributed by atoms with E-state index in [1.165, 1.54) is 17.3 Å². The highest BCUT2D eigenvalue weighted by molar-refractivity contribution is 8.04. The minimum absolute atomic E-state index is 0.541. The summed E-state index contributed by atoms with van der Waals surface area (Å²) in [6.07, 6.45) is 0. The highest BCUT2D eigenvalue weighted by Crippen LogP contribution is 2.30. The summed E-state index contributed by atoms with van der Waals surface area (Å²) in [5.74, 6) is 0. The van der Waals surface area contributed by atoms with Gasteiger partial charge < -0.3 is 0 Å². The fraction of sp³-hybridized carbons (Fsp3) is 0. The number of benzene rings is 1. The third-order valence-corrected chi connectivity index (χ3v) is 2.99. The van der Waals surface area contributed by atoms with E-state index in [4.69, 9.17) is 34.8 Å². The molecule has 0 heterocycles. The molecule has 0 N–H and O–H groups in total. The molecule has 12 heavy (non-hydrogen) atoms. The van der Waals surface area contributed by atoms with E-state index in [0.29, 0.717) is 9.39 Å². The predicted octanol–water partition coefficient (Wildman–Crippen LogP) is 4.71. The van der Waals surface area contributed by atoms with Crippen LogP contribution in [-0.2, 0) is 0 Å². The van der Waals surface area contributed by atoms with Gasteiger partial charge in [-0.15, -0.1) is 0 Å². The molecule has 0 aromatic heterocycles. The minimum atomic E-state index is 0.541. The lowest BCUT2D eigenvalue weighted by atomic mass is 10.4. The average molecular weight is 240 g/mol. The number of rotatable bonds is 2. The molecule has 0 fully saturated rings. The Kier molecular flexibility index (Phi) is 4.30. The molecule has 0 aliphatic rings. The Balaban J connectivity index is 2.71. The molecule has 0 bridgehead atoms. The quantitative estimate of drug-likeness (QED) is 0.674. The Morgan fingerprint density at radius 2 is 1.83 bits per heavy atom. The van der Waals surface area contributed by atoms with E-state index in [1.54, 1.807) is 0 Å². The Labute approximate surface area is 90.5 Å². The predicted molar refractivity (Wildman–Crippen MR) is 57.1 cm³/mol. The highest BCUT2D eigenvalue weighted by atomic mass is 35.5. The Morgan fingerprint density at radius 3 is 2.33 bits per heavy atom. The van der Waals surface area contributed by atoms with Crippen LogP contribution in [0.25, 0.3) is 0 Å². The molecule has 1 aromatic rings. The molecule has 1 rings (SSSR count). The van der Waals surface area contributed by atoms with Gasteiger partial charge in [-0.05, 0) is 24.3 Å². The maximum absolute atomic E-state index is 5.70. The summed E-state index contributed by atoms with van der Waals surface area (Å²) in [5.41, 5.74) is 1.33. The van der Waals surface area contributed by atoms with Crippen LogP contribution in [0, 0.1) is 0 Å². The minimum Gasteiger partial charge on any atom is -0.0908 e. The summed E-state index contributed by atoms with van der Waals surface area (Å²) in [6.45, 7) is 0. The fourth-order valence-corrected chi connectivity index (χ4v) is 1.71. The van der Waals surface area contributed by atoms with Crippen molar-refractivity contribution < 1.29 is 0 Å². The molecule has 0 saturated carbocycles. The van der Waals surface area contributed by atoms with E-state index in [-0.39, 0.29) is 0 Å². The molecule has 1 aromatic carbocycles. The first-order valence-corrected chi connectivity index (χ1v) is 5.12. The van der Waals surface area contributed by atoms with Crippen LogP contribution in [0.4, 0.5) is 0 Å². The Hall–Kier alpha value is 0.180. The molecule has 0 atom stereocenters. The van der Waals surface area contributed by atoms with Gasteiger partial charge in [0.25, 0.3) is 0 Å². The standard InChI is InChI=1S/C8H5Cl3S/c9-5-8(11)12-7-3-1-6(10)2-4-7/h1-5H. The van der Waals surface area contributed by atoms with Crippen molar-refractivity contribution in [3.8, 4) is 0 Å². The number of hydrogen-bond acceptors (Lipinski definition) is 1. The SMILES string of the molecule is ClC=C(Cl)Sc1ccc(Cl)cc1. The highest BCUT2D eigenvalue weighted by Gasteiger charge is 1.96. The lowest BCUT2D eigenvalue weighted by Crippen LogP contribution is -1.68. The maximum Gasteiger partial charge on any atom is 0.0895 e. The van der Waals surface area contributed by atoms with Gasteiger partial charge in [-0.2, -0.15) is 0 Å². The zero-order chi connectivity index (χ0) is 8.97. The third kappa shape index (κ3) is 3.28. The zero-order valence-electron chi connectivity index (χ0n) is 5.93. The molecule has 0 spiro atoms. The van der Waals surface area contributed by atoms with Crippen LogP contribution in [0.5, 0.6) is 0 Å². The summed E-state index contributed by atoms with van der Waals surface area (Å²) in [5, 5.41) is 0.713. The van der Waals surface area contributed by atoms with Crippen LogP contribution in [0.15, 0.2) is 39.1 Å². The van der Waals surface area contributed by atoms with Gasteiger partial charge in [-0.25, -0.2) is 0 Å². The molecule has 0 nitrogen and oxygen atoms in total. The smallest absolute Gasteiger partial charge is 0.0895 e. The summed E-state index contributed by atoms with van der Waals surface area (Å²) in [6, 6.07) is 7.39. The van der Waals surface area contributed by atoms with Gasteiger partial charge in [0.05, 0.1) is 4.36 Å². The van der Waals surface area contributed by atoms with E-state index < -0.39 is 0 Å². The monoisotopic (exact) mass is 238 g/mol. The van der Waals surface area contributed by atoms with E-state index in [1.807, 2.05) is 24.3 Å². The molecule has 0 aliphatic heterocycles. The van der Waals surface area contributed by atoms with E-state index >= 15 is 0 Å². The van der Waals surface area contributed by atoms with Crippen LogP contribution >= 0.6 is 46.6 Å². The fourth-order valence-electron chi connectivity index (χ4n) is 0.637. The number of thioether (sulfide) groups is 1. The van der Waals surface area contributed by atoms with Gasteiger partial charge in [0.15, 0.2) is 0 Å². The van der Waals surface area contributed by atoms with Gasteiger partial charge in [0.1, 0.15) is 0 Å². The molecule has 0 saturated heterocycles. The summed E-state index contributed by atoms with van der Waals surface area (Å²) in [4.78, 5) is 1.02. The van der Waals surface area contributed by atoms with E-state index in [0.717, 1.165) is 4.90 Å². The molecule has 64 valence electrons.